The molecule has 0 saturated heterocycles. The molecule has 4 heteroatoms. The molecule has 0 aliphatic rings. The van der Waals surface area contributed by atoms with Gasteiger partial charge in [0.2, 0.25) is 0 Å². The van der Waals surface area contributed by atoms with Crippen molar-refractivity contribution in [3.05, 3.63) is 68.7 Å². The van der Waals surface area contributed by atoms with Gasteiger partial charge in [0.25, 0.3) is 0 Å². The molecule has 20 heavy (non-hydrogen) atoms. The molecule has 0 bridgehead atoms. The molecule has 0 radical (unpaired) electrons. The topological polar surface area (TPSA) is 20.2 Å². The molecule has 2 rings (SSSR count). The monoisotopic (exact) mass is 296 g/mol. The second-order valence-electron chi connectivity index (χ2n) is 5.00. The van der Waals surface area contributed by atoms with Gasteiger partial charge < -0.3 is 5.11 Å². The minimum Gasteiger partial charge on any atom is -0.384 e. The number of hydrogen-bond donors (Lipinski definition) is 1. The van der Waals surface area contributed by atoms with Crippen LogP contribution in [0.15, 0.2) is 24.3 Å². The van der Waals surface area contributed by atoms with E-state index < -0.39 is 17.7 Å². The molecule has 1 unspecified atom stereocenters. The maximum absolute atomic E-state index is 13.9. The third kappa shape index (κ3) is 2.69. The number of halogens is 3. The Bertz CT molecular complexity index is 645. The zero-order chi connectivity index (χ0) is 15.0. The lowest BCUT2D eigenvalue weighted by Gasteiger charge is -2.18. The maximum atomic E-state index is 13.9. The molecule has 0 aliphatic heterocycles. The van der Waals surface area contributed by atoms with Crippen molar-refractivity contribution in [2.24, 2.45) is 0 Å². The van der Waals surface area contributed by atoms with Gasteiger partial charge in [-0.15, -0.1) is 0 Å². The third-order valence-electron chi connectivity index (χ3n) is 3.35. The molecule has 0 spiro atoms. The summed E-state index contributed by atoms with van der Waals surface area (Å²) in [6, 6.07) is 5.63. The number of hydrogen-bond acceptors (Lipinski definition) is 1. The average molecular weight is 297 g/mol. The minimum absolute atomic E-state index is 0.109. The SMILES string of the molecule is Cc1cc(C)c(C(O)c2cc(F)c(Cl)cc2F)c(C)c1. The Balaban J connectivity index is 2.57. The fourth-order valence-corrected chi connectivity index (χ4v) is 2.68. The van der Waals surface area contributed by atoms with Crippen LogP contribution in [0.2, 0.25) is 5.02 Å². The lowest BCUT2D eigenvalue weighted by Crippen LogP contribution is -2.08. The van der Waals surface area contributed by atoms with Crippen LogP contribution in [0.4, 0.5) is 8.78 Å². The van der Waals surface area contributed by atoms with E-state index in [1.165, 1.54) is 0 Å². The van der Waals surface area contributed by atoms with Gasteiger partial charge in [0.1, 0.15) is 17.7 Å². The van der Waals surface area contributed by atoms with Gasteiger partial charge in [-0.25, -0.2) is 8.78 Å². The van der Waals surface area contributed by atoms with Gasteiger partial charge in [0.15, 0.2) is 0 Å². The van der Waals surface area contributed by atoms with Crippen molar-refractivity contribution in [1.82, 2.24) is 0 Å². The Kier molecular flexibility index (Phi) is 4.11. The summed E-state index contributed by atoms with van der Waals surface area (Å²) in [4.78, 5) is 0. The molecule has 0 amide bonds. The summed E-state index contributed by atoms with van der Waals surface area (Å²) in [5.41, 5.74) is 3.21. The van der Waals surface area contributed by atoms with Gasteiger partial charge in [-0.3, -0.25) is 0 Å². The largest absolute Gasteiger partial charge is 0.384 e. The second-order valence-corrected chi connectivity index (χ2v) is 5.41. The molecular weight excluding hydrogens is 282 g/mol. The van der Waals surface area contributed by atoms with E-state index in [4.69, 9.17) is 11.6 Å². The Labute approximate surface area is 121 Å². The van der Waals surface area contributed by atoms with Crippen molar-refractivity contribution in [2.45, 2.75) is 26.9 Å². The van der Waals surface area contributed by atoms with Gasteiger partial charge in [-0.1, -0.05) is 29.3 Å². The predicted molar refractivity (Wildman–Crippen MR) is 76.1 cm³/mol. The van der Waals surface area contributed by atoms with Crippen molar-refractivity contribution < 1.29 is 13.9 Å². The van der Waals surface area contributed by atoms with Gasteiger partial charge in [0, 0.05) is 5.56 Å². The van der Waals surface area contributed by atoms with Gasteiger partial charge in [-0.2, -0.15) is 0 Å². The van der Waals surface area contributed by atoms with E-state index in [9.17, 15) is 13.9 Å². The van der Waals surface area contributed by atoms with E-state index in [0.29, 0.717) is 5.56 Å². The normalized spacial score (nSPS) is 12.6. The molecule has 1 atom stereocenters. The highest BCUT2D eigenvalue weighted by atomic mass is 35.5. The number of benzene rings is 2. The Morgan fingerprint density at radius 2 is 1.50 bits per heavy atom. The van der Waals surface area contributed by atoms with Crippen molar-refractivity contribution in [3.8, 4) is 0 Å². The fraction of sp³-hybridized carbons (Fsp3) is 0.250. The molecule has 0 aromatic heterocycles. The summed E-state index contributed by atoms with van der Waals surface area (Å²) in [7, 11) is 0. The lowest BCUT2D eigenvalue weighted by molar-refractivity contribution is 0.213. The Morgan fingerprint density at radius 1 is 0.950 bits per heavy atom. The van der Waals surface area contributed by atoms with E-state index in [2.05, 4.69) is 0 Å². The smallest absolute Gasteiger partial charge is 0.142 e. The first-order valence-corrected chi connectivity index (χ1v) is 6.59. The highest BCUT2D eigenvalue weighted by Gasteiger charge is 2.21. The quantitative estimate of drug-likeness (QED) is 0.801. The molecule has 1 N–H and O–H groups in total. The molecule has 106 valence electrons. The highest BCUT2D eigenvalue weighted by molar-refractivity contribution is 6.30. The average Bonchev–Trinajstić information content (AvgIpc) is 2.32. The second kappa shape index (κ2) is 5.51. The summed E-state index contributed by atoms with van der Waals surface area (Å²) in [5.74, 6) is -1.46. The molecule has 1 nitrogen and oxygen atoms in total. The summed E-state index contributed by atoms with van der Waals surface area (Å²) in [5, 5.41) is 10.1. The summed E-state index contributed by atoms with van der Waals surface area (Å²) in [6.07, 6.45) is -1.22. The van der Waals surface area contributed by atoms with E-state index in [1.54, 1.807) is 0 Å². The van der Waals surface area contributed by atoms with Crippen LogP contribution in [0, 0.1) is 32.4 Å². The fourth-order valence-electron chi connectivity index (χ4n) is 2.53. The zero-order valence-electron chi connectivity index (χ0n) is 11.5. The van der Waals surface area contributed by atoms with Crippen LogP contribution in [-0.2, 0) is 0 Å². The number of aliphatic hydroxyl groups excluding tert-OH is 1. The molecule has 0 saturated carbocycles. The van der Waals surface area contributed by atoms with E-state index >= 15 is 0 Å². The predicted octanol–water partition coefficient (Wildman–Crippen LogP) is 4.63. The number of aliphatic hydroxyl groups is 1. The summed E-state index contributed by atoms with van der Waals surface area (Å²) in [6.45, 7) is 5.62. The van der Waals surface area contributed by atoms with Crippen molar-refractivity contribution in [1.29, 1.82) is 0 Å². The summed E-state index contributed by atoms with van der Waals surface area (Å²) < 4.78 is 27.4. The molecule has 0 fully saturated rings. The first-order valence-electron chi connectivity index (χ1n) is 6.21. The Morgan fingerprint density at radius 3 is 2.05 bits per heavy atom. The zero-order valence-corrected chi connectivity index (χ0v) is 12.2. The lowest BCUT2D eigenvalue weighted by atomic mass is 9.91. The van der Waals surface area contributed by atoms with Crippen LogP contribution < -0.4 is 0 Å². The minimum atomic E-state index is -1.22. The van der Waals surface area contributed by atoms with Gasteiger partial charge in [-0.05, 0) is 49.6 Å². The van der Waals surface area contributed by atoms with Crippen molar-refractivity contribution in [2.75, 3.05) is 0 Å². The van der Waals surface area contributed by atoms with Crippen LogP contribution >= 0.6 is 11.6 Å². The molecule has 0 aliphatic carbocycles. The van der Waals surface area contributed by atoms with Crippen molar-refractivity contribution in [3.63, 3.8) is 0 Å². The molecular formula is C16H15ClF2O. The van der Waals surface area contributed by atoms with Gasteiger partial charge >= 0.3 is 0 Å². The van der Waals surface area contributed by atoms with Crippen molar-refractivity contribution >= 4 is 11.6 Å². The molecule has 2 aromatic rings. The van der Waals surface area contributed by atoms with Crippen LogP contribution in [0.25, 0.3) is 0 Å². The molecule has 0 heterocycles. The summed E-state index contributed by atoms with van der Waals surface area (Å²) >= 11 is 5.52. The standard InChI is InChI=1S/C16H15ClF2O/c1-8-4-9(2)15(10(3)5-8)16(20)11-6-14(19)12(17)7-13(11)18/h4-7,16,20H,1-3H3. The van der Waals surface area contributed by atoms with E-state index in [1.807, 2.05) is 32.9 Å². The van der Waals surface area contributed by atoms with Crippen LogP contribution in [-0.4, -0.2) is 5.11 Å². The number of aryl methyl sites for hydroxylation is 3. The highest BCUT2D eigenvalue weighted by Crippen LogP contribution is 2.32. The van der Waals surface area contributed by atoms with Gasteiger partial charge in [0.05, 0.1) is 5.02 Å². The van der Waals surface area contributed by atoms with Crippen LogP contribution in [0.3, 0.4) is 0 Å². The third-order valence-corrected chi connectivity index (χ3v) is 3.64. The van der Waals surface area contributed by atoms with E-state index in [0.717, 1.165) is 28.8 Å². The Hall–Kier alpha value is -1.45. The number of rotatable bonds is 2. The maximum Gasteiger partial charge on any atom is 0.142 e. The van der Waals surface area contributed by atoms with Crippen LogP contribution in [0.1, 0.15) is 33.9 Å². The van der Waals surface area contributed by atoms with Crippen LogP contribution in [0.5, 0.6) is 0 Å². The first kappa shape index (κ1) is 14.9. The first-order chi connectivity index (χ1) is 9.31. The van der Waals surface area contributed by atoms with E-state index in [-0.39, 0.29) is 10.6 Å². The molecule has 2 aromatic carbocycles.